The molecule has 0 bridgehead atoms. The zero-order valence-corrected chi connectivity index (χ0v) is 10.5. The number of hydrogen-bond donors (Lipinski definition) is 1. The molecule has 1 aliphatic carbocycles. The summed E-state index contributed by atoms with van der Waals surface area (Å²) in [6.07, 6.45) is 2.45. The van der Waals surface area contributed by atoms with Crippen LogP contribution in [0.2, 0.25) is 0 Å². The third-order valence-corrected chi connectivity index (χ3v) is 4.10. The van der Waals surface area contributed by atoms with Crippen LogP contribution in [-0.4, -0.2) is 34.1 Å². The molecule has 0 spiro atoms. The average molecular weight is 213 g/mol. The molecule has 0 radical (unpaired) electrons. The predicted octanol–water partition coefficient (Wildman–Crippen LogP) is 2.36. The Morgan fingerprint density at radius 2 is 2.00 bits per heavy atom. The molecule has 0 saturated heterocycles. The van der Waals surface area contributed by atoms with Gasteiger partial charge < -0.3 is 5.11 Å². The Balaban J connectivity index is 2.83. The van der Waals surface area contributed by atoms with Crippen molar-refractivity contribution in [1.82, 2.24) is 4.90 Å². The van der Waals surface area contributed by atoms with Gasteiger partial charge in [0.15, 0.2) is 0 Å². The molecule has 0 amide bonds. The number of nitrogens with zero attached hydrogens (tertiary/aromatic N) is 1. The van der Waals surface area contributed by atoms with Gasteiger partial charge in [0.1, 0.15) is 5.54 Å². The standard InChI is InChI=1S/C12H23NO2/c1-6-13(11(3,4)10(14)15)9(2)12(5)7-8-12/h9H,6-8H2,1-5H3,(H,14,15). The molecule has 0 aliphatic heterocycles. The molecule has 3 heteroatoms. The van der Waals surface area contributed by atoms with Crippen molar-refractivity contribution in [2.45, 2.75) is 59.0 Å². The summed E-state index contributed by atoms with van der Waals surface area (Å²) in [5.41, 5.74) is -0.428. The maximum atomic E-state index is 11.2. The van der Waals surface area contributed by atoms with Gasteiger partial charge in [0.05, 0.1) is 0 Å². The fourth-order valence-electron chi connectivity index (χ4n) is 2.27. The van der Waals surface area contributed by atoms with Crippen LogP contribution in [0, 0.1) is 5.41 Å². The number of likely N-dealkylation sites (N-methyl/N-ethyl adjacent to an activating group) is 1. The first-order chi connectivity index (χ1) is 6.75. The highest BCUT2D eigenvalue weighted by Crippen LogP contribution is 2.50. The molecule has 1 rings (SSSR count). The molecule has 0 aromatic heterocycles. The van der Waals surface area contributed by atoms with Crippen LogP contribution < -0.4 is 0 Å². The molecule has 15 heavy (non-hydrogen) atoms. The Morgan fingerprint density at radius 3 is 2.27 bits per heavy atom. The van der Waals surface area contributed by atoms with Crippen molar-refractivity contribution in [3.8, 4) is 0 Å². The molecular weight excluding hydrogens is 190 g/mol. The normalized spacial score (nSPS) is 21.5. The molecule has 1 aliphatic rings. The lowest BCUT2D eigenvalue weighted by atomic mass is 9.92. The van der Waals surface area contributed by atoms with Crippen LogP contribution in [0.4, 0.5) is 0 Å². The number of carbonyl (C=O) groups is 1. The first kappa shape index (κ1) is 12.5. The second-order valence-electron chi connectivity index (χ2n) is 5.48. The fourth-order valence-corrected chi connectivity index (χ4v) is 2.27. The Kier molecular flexibility index (Phi) is 3.15. The summed E-state index contributed by atoms with van der Waals surface area (Å²) in [5.74, 6) is -0.736. The van der Waals surface area contributed by atoms with Crippen molar-refractivity contribution in [3.63, 3.8) is 0 Å². The lowest BCUT2D eigenvalue weighted by molar-refractivity contribution is -0.151. The van der Waals surface area contributed by atoms with Crippen LogP contribution in [0.3, 0.4) is 0 Å². The zero-order chi connectivity index (χ0) is 11.9. The van der Waals surface area contributed by atoms with Crippen molar-refractivity contribution < 1.29 is 9.90 Å². The van der Waals surface area contributed by atoms with Gasteiger partial charge in [0.2, 0.25) is 0 Å². The Hall–Kier alpha value is -0.570. The van der Waals surface area contributed by atoms with E-state index >= 15 is 0 Å². The molecule has 1 fully saturated rings. The van der Waals surface area contributed by atoms with Crippen molar-refractivity contribution in [3.05, 3.63) is 0 Å². The summed E-state index contributed by atoms with van der Waals surface area (Å²) in [7, 11) is 0. The molecule has 0 aromatic rings. The van der Waals surface area contributed by atoms with Crippen molar-refractivity contribution in [2.24, 2.45) is 5.41 Å². The van der Waals surface area contributed by atoms with Gasteiger partial charge in [-0.05, 0) is 45.6 Å². The monoisotopic (exact) mass is 213 g/mol. The van der Waals surface area contributed by atoms with Crippen LogP contribution >= 0.6 is 0 Å². The summed E-state index contributed by atoms with van der Waals surface area (Å²) in [6.45, 7) is 10.8. The molecule has 1 atom stereocenters. The quantitative estimate of drug-likeness (QED) is 0.762. The average Bonchev–Trinajstić information content (AvgIpc) is 2.85. The van der Waals surface area contributed by atoms with E-state index in [0.29, 0.717) is 11.5 Å². The predicted molar refractivity (Wildman–Crippen MR) is 60.9 cm³/mol. The molecule has 1 saturated carbocycles. The number of hydrogen-bond acceptors (Lipinski definition) is 2. The van der Waals surface area contributed by atoms with Crippen LogP contribution in [0.1, 0.15) is 47.5 Å². The third-order valence-electron chi connectivity index (χ3n) is 4.10. The van der Waals surface area contributed by atoms with E-state index in [4.69, 9.17) is 0 Å². The highest BCUT2D eigenvalue weighted by molar-refractivity contribution is 5.77. The van der Waals surface area contributed by atoms with Crippen LogP contribution in [0.15, 0.2) is 0 Å². The molecule has 88 valence electrons. The highest BCUT2D eigenvalue weighted by atomic mass is 16.4. The number of carboxylic acid groups (broad SMARTS) is 1. The second-order valence-corrected chi connectivity index (χ2v) is 5.48. The van der Waals surface area contributed by atoms with Gasteiger partial charge in [0, 0.05) is 6.04 Å². The van der Waals surface area contributed by atoms with E-state index < -0.39 is 11.5 Å². The minimum Gasteiger partial charge on any atom is -0.480 e. The molecule has 0 aromatic carbocycles. The highest BCUT2D eigenvalue weighted by Gasteiger charge is 2.49. The van der Waals surface area contributed by atoms with Gasteiger partial charge in [-0.1, -0.05) is 13.8 Å². The van der Waals surface area contributed by atoms with Gasteiger partial charge in [-0.25, -0.2) is 0 Å². The second kappa shape index (κ2) is 3.78. The molecule has 3 nitrogen and oxygen atoms in total. The third kappa shape index (κ3) is 2.17. The minimum absolute atomic E-state index is 0.336. The SMILES string of the molecule is CCN(C(C)C1(C)CC1)C(C)(C)C(=O)O. The van der Waals surface area contributed by atoms with Crippen molar-refractivity contribution in [1.29, 1.82) is 0 Å². The molecular formula is C12H23NO2. The molecule has 0 heterocycles. The van der Waals surface area contributed by atoms with E-state index in [-0.39, 0.29) is 0 Å². The number of carboxylic acids is 1. The van der Waals surface area contributed by atoms with Gasteiger partial charge in [-0.3, -0.25) is 9.69 Å². The maximum absolute atomic E-state index is 11.2. The van der Waals surface area contributed by atoms with Gasteiger partial charge in [0.25, 0.3) is 0 Å². The summed E-state index contributed by atoms with van der Waals surface area (Å²) in [4.78, 5) is 13.3. The summed E-state index contributed by atoms with van der Waals surface area (Å²) >= 11 is 0. The topological polar surface area (TPSA) is 40.5 Å². The fraction of sp³-hybridized carbons (Fsp3) is 0.917. The minimum atomic E-state index is -0.764. The zero-order valence-electron chi connectivity index (χ0n) is 10.5. The lowest BCUT2D eigenvalue weighted by Crippen LogP contribution is -2.55. The Bertz CT molecular complexity index is 256. The number of aliphatic carboxylic acids is 1. The first-order valence-corrected chi connectivity index (χ1v) is 5.76. The smallest absolute Gasteiger partial charge is 0.323 e. The molecule has 1 N–H and O–H groups in total. The summed E-state index contributed by atoms with van der Waals surface area (Å²) < 4.78 is 0. The largest absolute Gasteiger partial charge is 0.480 e. The van der Waals surface area contributed by atoms with E-state index in [1.807, 2.05) is 6.92 Å². The van der Waals surface area contributed by atoms with Crippen LogP contribution in [0.25, 0.3) is 0 Å². The Labute approximate surface area is 92.5 Å². The summed E-state index contributed by atoms with van der Waals surface area (Å²) in [6, 6.07) is 0.341. The van der Waals surface area contributed by atoms with Crippen molar-refractivity contribution in [2.75, 3.05) is 6.54 Å². The van der Waals surface area contributed by atoms with E-state index in [1.165, 1.54) is 12.8 Å². The van der Waals surface area contributed by atoms with Crippen LogP contribution in [-0.2, 0) is 4.79 Å². The lowest BCUT2D eigenvalue weighted by Gasteiger charge is -2.41. The van der Waals surface area contributed by atoms with Crippen LogP contribution in [0.5, 0.6) is 0 Å². The number of rotatable bonds is 5. The van der Waals surface area contributed by atoms with E-state index in [0.717, 1.165) is 6.54 Å². The first-order valence-electron chi connectivity index (χ1n) is 5.76. The van der Waals surface area contributed by atoms with Crippen molar-refractivity contribution >= 4 is 5.97 Å². The summed E-state index contributed by atoms with van der Waals surface area (Å²) in [5, 5.41) is 9.24. The van der Waals surface area contributed by atoms with Gasteiger partial charge >= 0.3 is 5.97 Å². The van der Waals surface area contributed by atoms with E-state index in [9.17, 15) is 9.90 Å². The Morgan fingerprint density at radius 1 is 1.53 bits per heavy atom. The van der Waals surface area contributed by atoms with Gasteiger partial charge in [-0.15, -0.1) is 0 Å². The van der Waals surface area contributed by atoms with E-state index in [2.05, 4.69) is 18.7 Å². The molecule has 1 unspecified atom stereocenters. The maximum Gasteiger partial charge on any atom is 0.323 e. The van der Waals surface area contributed by atoms with Gasteiger partial charge in [-0.2, -0.15) is 0 Å². The van der Waals surface area contributed by atoms with E-state index in [1.54, 1.807) is 13.8 Å².